The number of nitrogens with one attached hydrogen (secondary N) is 1. The Balaban J connectivity index is 2.28. The van der Waals surface area contributed by atoms with Crippen LogP contribution >= 0.6 is 0 Å². The molecule has 0 unspecified atom stereocenters. The molecule has 3 rings (SSSR count). The van der Waals surface area contributed by atoms with Crippen LogP contribution in [0.25, 0.3) is 0 Å². The Bertz CT molecular complexity index is 904. The predicted molar refractivity (Wildman–Crippen MR) is 105 cm³/mol. The third-order valence-corrected chi connectivity index (χ3v) is 4.57. The van der Waals surface area contributed by atoms with Gasteiger partial charge in [-0.05, 0) is 26.3 Å². The summed E-state index contributed by atoms with van der Waals surface area (Å²) >= 11 is 0. The fraction of sp³-hybridized carbons (Fsp3) is 0.450. The molecule has 1 aliphatic rings. The summed E-state index contributed by atoms with van der Waals surface area (Å²) in [6.45, 7) is 5.95. The maximum atomic E-state index is 13.0. The number of carbonyl (C=O) groups is 1. The second kappa shape index (κ2) is 8.33. The molecule has 1 aromatic heterocycles. The Kier molecular flexibility index (Phi) is 5.87. The molecule has 0 saturated heterocycles. The molecule has 1 atom stereocenters. The maximum Gasteiger partial charge on any atom is 0.338 e. The van der Waals surface area contributed by atoms with Crippen molar-refractivity contribution in [3.05, 3.63) is 40.9 Å². The van der Waals surface area contributed by atoms with Crippen molar-refractivity contribution >= 4 is 11.9 Å². The smallest absolute Gasteiger partial charge is 0.338 e. The lowest BCUT2D eigenvalue weighted by Crippen LogP contribution is -2.30. The predicted octanol–water partition coefficient (Wildman–Crippen LogP) is 3.24. The molecule has 150 valence electrons. The van der Waals surface area contributed by atoms with Gasteiger partial charge in [-0.1, -0.05) is 25.5 Å². The lowest BCUT2D eigenvalue weighted by atomic mass is 9.93. The highest BCUT2D eigenvalue weighted by Gasteiger charge is 2.37. The van der Waals surface area contributed by atoms with Gasteiger partial charge in [-0.3, -0.25) is 0 Å². The molecule has 0 saturated carbocycles. The Labute approximate surface area is 164 Å². The highest BCUT2D eigenvalue weighted by molar-refractivity contribution is 5.92. The van der Waals surface area contributed by atoms with Crippen molar-refractivity contribution < 1.29 is 19.0 Å². The largest absolute Gasteiger partial charge is 0.493 e. The van der Waals surface area contributed by atoms with E-state index in [9.17, 15) is 4.79 Å². The minimum absolute atomic E-state index is 0.285. The average molecular weight is 386 g/mol. The van der Waals surface area contributed by atoms with Crippen LogP contribution in [-0.4, -0.2) is 41.6 Å². The van der Waals surface area contributed by atoms with Crippen LogP contribution in [0.15, 0.2) is 29.5 Å². The number of rotatable bonds is 7. The number of carbonyl (C=O) groups excluding carboxylic acids is 1. The molecule has 8 heteroatoms. The monoisotopic (exact) mass is 386 g/mol. The molecule has 1 aromatic carbocycles. The molecular formula is C20H26N4O4. The summed E-state index contributed by atoms with van der Waals surface area (Å²) in [6, 6.07) is 5.05. The summed E-state index contributed by atoms with van der Waals surface area (Å²) in [5, 5.41) is 7.80. The van der Waals surface area contributed by atoms with Crippen molar-refractivity contribution in [3.63, 3.8) is 0 Å². The number of esters is 1. The number of hydrogen-bond donors (Lipinski definition) is 1. The number of aromatic nitrogens is 3. The number of hydrogen-bond acceptors (Lipinski definition) is 7. The van der Waals surface area contributed by atoms with Crippen LogP contribution in [0.2, 0.25) is 0 Å². The van der Waals surface area contributed by atoms with Crippen molar-refractivity contribution in [2.45, 2.75) is 39.7 Å². The van der Waals surface area contributed by atoms with Gasteiger partial charge < -0.3 is 19.5 Å². The van der Waals surface area contributed by atoms with Crippen LogP contribution in [0.5, 0.6) is 11.5 Å². The van der Waals surface area contributed by atoms with Gasteiger partial charge in [0.25, 0.3) is 0 Å². The van der Waals surface area contributed by atoms with Crippen molar-refractivity contribution in [2.75, 3.05) is 26.1 Å². The zero-order chi connectivity index (χ0) is 20.3. The highest BCUT2D eigenvalue weighted by atomic mass is 16.5. The lowest BCUT2D eigenvalue weighted by Gasteiger charge is -2.30. The van der Waals surface area contributed by atoms with Gasteiger partial charge in [0, 0.05) is 11.3 Å². The number of aryl methyl sites for hydroxylation is 1. The molecule has 0 aliphatic carbocycles. The number of allylic oxidation sites excluding steroid dienone is 1. The third kappa shape index (κ3) is 3.42. The van der Waals surface area contributed by atoms with Gasteiger partial charge in [0.05, 0.1) is 26.4 Å². The highest BCUT2D eigenvalue weighted by Crippen LogP contribution is 2.43. The van der Waals surface area contributed by atoms with Crippen molar-refractivity contribution in [2.24, 2.45) is 0 Å². The number of nitrogens with zero attached hydrogens (tertiary/aromatic N) is 3. The Morgan fingerprint density at radius 1 is 1.25 bits per heavy atom. The quantitative estimate of drug-likeness (QED) is 0.731. The molecular weight excluding hydrogens is 360 g/mol. The summed E-state index contributed by atoms with van der Waals surface area (Å²) < 4.78 is 18.2. The van der Waals surface area contributed by atoms with E-state index in [0.717, 1.165) is 17.7 Å². The fourth-order valence-corrected chi connectivity index (χ4v) is 3.49. The molecule has 1 N–H and O–H groups in total. The molecule has 8 nitrogen and oxygen atoms in total. The van der Waals surface area contributed by atoms with Gasteiger partial charge in [0.1, 0.15) is 11.9 Å². The topological polar surface area (TPSA) is 87.5 Å². The summed E-state index contributed by atoms with van der Waals surface area (Å²) in [5.41, 5.74) is 2.05. The van der Waals surface area contributed by atoms with Crippen LogP contribution in [0.4, 0.5) is 5.95 Å². The van der Waals surface area contributed by atoms with Crippen LogP contribution in [0.3, 0.4) is 0 Å². The van der Waals surface area contributed by atoms with E-state index in [1.165, 1.54) is 0 Å². The first-order valence-electron chi connectivity index (χ1n) is 9.36. The maximum absolute atomic E-state index is 13.0. The van der Waals surface area contributed by atoms with Crippen LogP contribution in [0, 0.1) is 6.92 Å². The number of ether oxygens (including phenoxy) is 3. The van der Waals surface area contributed by atoms with Crippen LogP contribution < -0.4 is 14.8 Å². The van der Waals surface area contributed by atoms with Crippen LogP contribution in [0.1, 0.15) is 44.1 Å². The van der Waals surface area contributed by atoms with Gasteiger partial charge in [-0.15, -0.1) is 0 Å². The normalized spacial score (nSPS) is 15.7. The Morgan fingerprint density at radius 3 is 2.68 bits per heavy atom. The van der Waals surface area contributed by atoms with Crippen LogP contribution in [-0.2, 0) is 9.53 Å². The average Bonchev–Trinajstić information content (AvgIpc) is 3.06. The van der Waals surface area contributed by atoms with E-state index in [0.29, 0.717) is 35.3 Å². The summed E-state index contributed by atoms with van der Waals surface area (Å²) in [4.78, 5) is 17.5. The summed E-state index contributed by atoms with van der Waals surface area (Å²) in [5.74, 6) is 1.94. The zero-order valence-corrected chi connectivity index (χ0v) is 16.9. The minimum atomic E-state index is -0.539. The van der Waals surface area contributed by atoms with Gasteiger partial charge in [-0.2, -0.15) is 10.1 Å². The van der Waals surface area contributed by atoms with Crippen molar-refractivity contribution in [1.29, 1.82) is 0 Å². The Hall–Kier alpha value is -3.03. The molecule has 0 radical (unpaired) electrons. The minimum Gasteiger partial charge on any atom is -0.493 e. The lowest BCUT2D eigenvalue weighted by molar-refractivity contribution is -0.139. The van der Waals surface area contributed by atoms with E-state index >= 15 is 0 Å². The van der Waals surface area contributed by atoms with Crippen molar-refractivity contribution in [3.8, 4) is 11.5 Å². The molecule has 0 bridgehead atoms. The number of anilines is 1. The van der Waals surface area contributed by atoms with E-state index in [1.54, 1.807) is 25.8 Å². The first kappa shape index (κ1) is 19.7. The first-order valence-corrected chi connectivity index (χ1v) is 9.36. The fourth-order valence-electron chi connectivity index (χ4n) is 3.49. The van der Waals surface area contributed by atoms with Gasteiger partial charge in [0.2, 0.25) is 5.95 Å². The molecule has 0 spiro atoms. The van der Waals surface area contributed by atoms with E-state index in [2.05, 4.69) is 22.3 Å². The Morgan fingerprint density at radius 2 is 2.04 bits per heavy atom. The number of fused-ring (bicyclic) bond motifs is 1. The standard InChI is InChI=1S/C20H26N4O4/c1-6-9-14-16(19(25)28-7-2)17(24-20(22-14)21-12(3)23-24)13-10-8-11-15(26-4)18(13)27-5/h8,10-11,17H,6-7,9H2,1-5H3,(H,21,22,23)/t17-/m0/s1. The molecule has 2 heterocycles. The zero-order valence-electron chi connectivity index (χ0n) is 16.9. The van der Waals surface area contributed by atoms with E-state index in [-0.39, 0.29) is 12.6 Å². The second-order valence-corrected chi connectivity index (χ2v) is 6.40. The molecule has 0 fully saturated rings. The van der Waals surface area contributed by atoms with Gasteiger partial charge in [-0.25, -0.2) is 9.48 Å². The first-order chi connectivity index (χ1) is 13.5. The second-order valence-electron chi connectivity index (χ2n) is 6.40. The third-order valence-electron chi connectivity index (χ3n) is 4.57. The molecule has 2 aromatic rings. The molecule has 28 heavy (non-hydrogen) atoms. The van der Waals surface area contributed by atoms with Gasteiger partial charge >= 0.3 is 5.97 Å². The van der Waals surface area contributed by atoms with E-state index in [1.807, 2.05) is 25.1 Å². The number of benzene rings is 1. The summed E-state index contributed by atoms with van der Waals surface area (Å²) in [7, 11) is 3.16. The SMILES string of the molecule is CCCC1=C(C(=O)OCC)[C@H](c2cccc(OC)c2OC)n2nc(C)nc2N1. The number of methoxy groups -OCH3 is 2. The molecule has 0 amide bonds. The van der Waals surface area contributed by atoms with E-state index in [4.69, 9.17) is 14.2 Å². The van der Waals surface area contributed by atoms with E-state index < -0.39 is 6.04 Å². The van der Waals surface area contributed by atoms with Gasteiger partial charge in [0.15, 0.2) is 11.5 Å². The molecule has 1 aliphatic heterocycles. The number of para-hydroxylation sites is 1. The van der Waals surface area contributed by atoms with Crippen molar-refractivity contribution in [1.82, 2.24) is 14.8 Å². The summed E-state index contributed by atoms with van der Waals surface area (Å²) in [6.07, 6.45) is 1.54.